The molecule has 7 nitrogen and oxygen atoms in total. The van der Waals surface area contributed by atoms with Gasteiger partial charge < -0.3 is 20.1 Å². The fourth-order valence-corrected chi connectivity index (χ4v) is 2.55. The lowest BCUT2D eigenvalue weighted by Crippen LogP contribution is -2.49. The molecule has 0 radical (unpaired) electrons. The van der Waals surface area contributed by atoms with Crippen molar-refractivity contribution in [3.8, 4) is 0 Å². The van der Waals surface area contributed by atoms with E-state index in [0.29, 0.717) is 18.9 Å². The normalized spacial score (nSPS) is 20.4. The van der Waals surface area contributed by atoms with Crippen LogP contribution in [0.5, 0.6) is 0 Å². The number of hydrogen-bond donors (Lipinski definition) is 2. The van der Waals surface area contributed by atoms with Crippen LogP contribution in [0.1, 0.15) is 33.6 Å². The van der Waals surface area contributed by atoms with Crippen molar-refractivity contribution in [2.24, 2.45) is 5.92 Å². The summed E-state index contributed by atoms with van der Waals surface area (Å²) >= 11 is 1.69. The predicted octanol–water partition coefficient (Wildman–Crippen LogP) is 0.717. The van der Waals surface area contributed by atoms with Crippen molar-refractivity contribution in [2.75, 3.05) is 25.2 Å². The number of carbonyl (C=O) groups is 3. The minimum Gasteiger partial charge on any atom is -0.464 e. The zero-order chi connectivity index (χ0) is 18.1. The van der Waals surface area contributed by atoms with Gasteiger partial charge in [0.15, 0.2) is 12.2 Å². The van der Waals surface area contributed by atoms with E-state index in [2.05, 4.69) is 10.6 Å². The molecule has 1 rings (SSSR count). The van der Waals surface area contributed by atoms with E-state index in [0.717, 1.165) is 12.2 Å². The molecule has 1 heterocycles. The van der Waals surface area contributed by atoms with Crippen molar-refractivity contribution in [1.29, 1.82) is 0 Å². The van der Waals surface area contributed by atoms with Crippen LogP contribution in [0, 0.1) is 5.92 Å². The number of carbonyl (C=O) groups excluding carboxylic acids is 3. The van der Waals surface area contributed by atoms with Crippen molar-refractivity contribution in [2.45, 2.75) is 51.9 Å². The quantitative estimate of drug-likeness (QED) is 0.320. The van der Waals surface area contributed by atoms with Gasteiger partial charge in [0.1, 0.15) is 6.04 Å². The Bertz CT molecular complexity index is 444. The Hall–Kier alpha value is -1.28. The van der Waals surface area contributed by atoms with E-state index >= 15 is 0 Å². The summed E-state index contributed by atoms with van der Waals surface area (Å²) in [6.07, 6.45) is 1.65. The minimum atomic E-state index is -0.856. The van der Waals surface area contributed by atoms with Crippen molar-refractivity contribution in [1.82, 2.24) is 10.6 Å². The molecule has 138 valence electrons. The molecule has 0 unspecified atom stereocenters. The minimum absolute atomic E-state index is 0.202. The number of thioether (sulfide) groups is 1. The summed E-state index contributed by atoms with van der Waals surface area (Å²) in [6, 6.07) is -0.615. The Balaban J connectivity index is 2.52. The van der Waals surface area contributed by atoms with Gasteiger partial charge in [0.05, 0.1) is 6.61 Å². The summed E-state index contributed by atoms with van der Waals surface area (Å²) in [5, 5.41) is 5.53. The van der Waals surface area contributed by atoms with E-state index in [9.17, 15) is 14.4 Å². The van der Waals surface area contributed by atoms with Crippen LogP contribution in [0.4, 0.5) is 0 Å². The highest BCUT2D eigenvalue weighted by Gasteiger charge is 2.52. The molecule has 8 heteroatoms. The molecule has 1 aliphatic rings. The molecule has 0 spiro atoms. The Morgan fingerprint density at radius 1 is 1.25 bits per heavy atom. The summed E-state index contributed by atoms with van der Waals surface area (Å²) in [6.45, 7) is 6.49. The number of esters is 1. The first-order valence-electron chi connectivity index (χ1n) is 8.29. The monoisotopic (exact) mass is 360 g/mol. The number of nitrogens with one attached hydrogen (secondary N) is 2. The van der Waals surface area contributed by atoms with Crippen LogP contribution in [-0.2, 0) is 23.9 Å². The maximum atomic E-state index is 12.3. The summed E-state index contributed by atoms with van der Waals surface area (Å²) in [5.74, 6) is 0.0561. The zero-order valence-electron chi connectivity index (χ0n) is 14.8. The smallest absolute Gasteiger partial charge is 0.338 e. The van der Waals surface area contributed by atoms with E-state index in [1.165, 1.54) is 0 Å². The van der Waals surface area contributed by atoms with E-state index in [-0.39, 0.29) is 12.5 Å². The summed E-state index contributed by atoms with van der Waals surface area (Å²) in [4.78, 5) is 36.0. The average Bonchev–Trinajstić information content (AvgIpc) is 3.32. The average molecular weight is 360 g/mol. The van der Waals surface area contributed by atoms with Gasteiger partial charge in [-0.15, -0.1) is 0 Å². The molecule has 3 atom stereocenters. The highest BCUT2D eigenvalue weighted by atomic mass is 32.2. The molecular weight excluding hydrogens is 332 g/mol. The fourth-order valence-electron chi connectivity index (χ4n) is 2.10. The van der Waals surface area contributed by atoms with Crippen LogP contribution in [0.15, 0.2) is 0 Å². The van der Waals surface area contributed by atoms with Gasteiger partial charge in [-0.1, -0.05) is 13.8 Å². The van der Waals surface area contributed by atoms with Crippen molar-refractivity contribution in [3.63, 3.8) is 0 Å². The highest BCUT2D eigenvalue weighted by molar-refractivity contribution is 7.98. The largest absolute Gasteiger partial charge is 0.464 e. The number of rotatable bonds is 11. The third kappa shape index (κ3) is 7.09. The Kier molecular flexibility index (Phi) is 9.13. The lowest BCUT2D eigenvalue weighted by Gasteiger charge is -2.18. The van der Waals surface area contributed by atoms with Crippen LogP contribution in [-0.4, -0.2) is 61.2 Å². The van der Waals surface area contributed by atoms with Crippen molar-refractivity contribution >= 4 is 29.5 Å². The van der Waals surface area contributed by atoms with E-state index in [1.54, 1.807) is 18.7 Å². The topological polar surface area (TPSA) is 97.0 Å². The van der Waals surface area contributed by atoms with Gasteiger partial charge in [0.25, 0.3) is 5.91 Å². The molecule has 2 amide bonds. The third-order valence-electron chi connectivity index (χ3n) is 3.43. The molecule has 0 aromatic rings. The van der Waals surface area contributed by atoms with Crippen LogP contribution < -0.4 is 10.6 Å². The molecule has 0 aromatic heterocycles. The van der Waals surface area contributed by atoms with Gasteiger partial charge in [-0.2, -0.15) is 11.8 Å². The Morgan fingerprint density at radius 3 is 2.54 bits per heavy atom. The van der Waals surface area contributed by atoms with Gasteiger partial charge in [-0.25, -0.2) is 4.79 Å². The number of hydrogen-bond acceptors (Lipinski definition) is 6. The van der Waals surface area contributed by atoms with E-state index in [4.69, 9.17) is 9.47 Å². The first-order valence-corrected chi connectivity index (χ1v) is 9.69. The van der Waals surface area contributed by atoms with Crippen molar-refractivity contribution < 1.29 is 23.9 Å². The van der Waals surface area contributed by atoms with Gasteiger partial charge >= 0.3 is 5.97 Å². The standard InChI is InChI=1S/C16H28N2O5S/c1-5-22-16(21)13-12(23-13)15(20)18-11(7-6-8-24-4)14(19)17-9-10(2)3/h10-13H,5-9H2,1-4H3,(H,17,19)(H,18,20)/t11-,12-,13-/m0/s1. The second-order valence-corrected chi connectivity index (χ2v) is 7.05. The van der Waals surface area contributed by atoms with Crippen LogP contribution in [0.25, 0.3) is 0 Å². The zero-order valence-corrected chi connectivity index (χ0v) is 15.6. The molecule has 0 bridgehead atoms. The van der Waals surface area contributed by atoms with Gasteiger partial charge in [0.2, 0.25) is 5.91 Å². The molecule has 1 fully saturated rings. The highest BCUT2D eigenvalue weighted by Crippen LogP contribution is 2.24. The number of epoxide rings is 1. The second kappa shape index (κ2) is 10.6. The second-order valence-electron chi connectivity index (χ2n) is 6.06. The first kappa shape index (κ1) is 20.8. The third-order valence-corrected chi connectivity index (χ3v) is 4.12. The van der Waals surface area contributed by atoms with Gasteiger partial charge in [0, 0.05) is 6.54 Å². The molecule has 1 aliphatic heterocycles. The van der Waals surface area contributed by atoms with E-state index < -0.39 is 30.1 Å². The van der Waals surface area contributed by atoms with Crippen LogP contribution in [0.3, 0.4) is 0 Å². The summed E-state index contributed by atoms with van der Waals surface area (Å²) in [5.41, 5.74) is 0. The van der Waals surface area contributed by atoms with Crippen LogP contribution >= 0.6 is 11.8 Å². The molecular formula is C16H28N2O5S. The molecule has 1 saturated heterocycles. The SMILES string of the molecule is CCOC(=O)[C@H]1O[C@@H]1C(=O)N[C@@H](CCCSC)C(=O)NCC(C)C. The van der Waals surface area contributed by atoms with Crippen molar-refractivity contribution in [3.05, 3.63) is 0 Å². The lowest BCUT2D eigenvalue weighted by atomic mass is 10.1. The Labute approximate surface area is 147 Å². The van der Waals surface area contributed by atoms with Gasteiger partial charge in [-0.05, 0) is 37.7 Å². The maximum absolute atomic E-state index is 12.3. The summed E-state index contributed by atoms with van der Waals surface area (Å²) in [7, 11) is 0. The fraction of sp³-hybridized carbons (Fsp3) is 0.812. The van der Waals surface area contributed by atoms with Crippen LogP contribution in [0.2, 0.25) is 0 Å². The molecule has 2 N–H and O–H groups in total. The number of amides is 2. The Morgan fingerprint density at radius 2 is 1.96 bits per heavy atom. The maximum Gasteiger partial charge on any atom is 0.338 e. The molecule has 0 aromatic carbocycles. The summed E-state index contributed by atoms with van der Waals surface area (Å²) < 4.78 is 9.89. The van der Waals surface area contributed by atoms with Gasteiger partial charge in [-0.3, -0.25) is 9.59 Å². The molecule has 0 aliphatic carbocycles. The predicted molar refractivity (Wildman–Crippen MR) is 92.7 cm³/mol. The lowest BCUT2D eigenvalue weighted by molar-refractivity contribution is -0.144. The molecule has 24 heavy (non-hydrogen) atoms. The number of ether oxygens (including phenoxy) is 2. The first-order chi connectivity index (χ1) is 11.4. The molecule has 0 saturated carbocycles. The van der Waals surface area contributed by atoms with E-state index in [1.807, 2.05) is 20.1 Å².